The molecular formula is C12H15ClFNO. The van der Waals surface area contributed by atoms with E-state index in [9.17, 15) is 4.39 Å². The number of rotatable bonds is 3. The Morgan fingerprint density at radius 1 is 1.50 bits per heavy atom. The van der Waals surface area contributed by atoms with Gasteiger partial charge in [-0.15, -0.1) is 0 Å². The van der Waals surface area contributed by atoms with Crippen molar-refractivity contribution in [2.24, 2.45) is 5.92 Å². The van der Waals surface area contributed by atoms with Gasteiger partial charge in [-0.3, -0.25) is 4.90 Å². The number of halogens is 2. The van der Waals surface area contributed by atoms with E-state index in [0.717, 1.165) is 31.6 Å². The second-order valence-corrected chi connectivity index (χ2v) is 4.73. The SMILES string of the molecule is OCC1CCN(Cc2ccc(Cl)c(F)c2)C1. The zero-order valence-electron chi connectivity index (χ0n) is 9.00. The first-order valence-electron chi connectivity index (χ1n) is 5.46. The Labute approximate surface area is 99.6 Å². The van der Waals surface area contributed by atoms with Crippen molar-refractivity contribution >= 4 is 11.6 Å². The lowest BCUT2D eigenvalue weighted by Crippen LogP contribution is -2.21. The van der Waals surface area contributed by atoms with E-state index >= 15 is 0 Å². The first-order valence-corrected chi connectivity index (χ1v) is 5.84. The molecular weight excluding hydrogens is 229 g/mol. The van der Waals surface area contributed by atoms with Gasteiger partial charge in [-0.2, -0.15) is 0 Å². The summed E-state index contributed by atoms with van der Waals surface area (Å²) in [6.45, 7) is 2.83. The Morgan fingerprint density at radius 3 is 2.94 bits per heavy atom. The molecule has 0 spiro atoms. The van der Waals surface area contributed by atoms with Crippen molar-refractivity contribution in [3.8, 4) is 0 Å². The van der Waals surface area contributed by atoms with E-state index in [-0.39, 0.29) is 17.4 Å². The molecule has 16 heavy (non-hydrogen) atoms. The first kappa shape index (κ1) is 11.8. The molecule has 1 N–H and O–H groups in total. The fraction of sp³-hybridized carbons (Fsp3) is 0.500. The average Bonchev–Trinajstić information content (AvgIpc) is 2.71. The molecule has 0 aliphatic carbocycles. The van der Waals surface area contributed by atoms with Crippen LogP contribution in [0.25, 0.3) is 0 Å². The topological polar surface area (TPSA) is 23.5 Å². The van der Waals surface area contributed by atoms with Crippen LogP contribution in [-0.2, 0) is 6.54 Å². The number of benzene rings is 1. The minimum absolute atomic E-state index is 0.165. The molecule has 0 aromatic heterocycles. The molecule has 1 aromatic rings. The van der Waals surface area contributed by atoms with Crippen LogP contribution < -0.4 is 0 Å². The molecule has 1 aliphatic rings. The number of aliphatic hydroxyl groups excluding tert-OH is 1. The van der Waals surface area contributed by atoms with Crippen LogP contribution in [0, 0.1) is 11.7 Å². The van der Waals surface area contributed by atoms with Gasteiger partial charge >= 0.3 is 0 Å². The van der Waals surface area contributed by atoms with E-state index in [1.165, 1.54) is 6.07 Å². The maximum atomic E-state index is 13.2. The lowest BCUT2D eigenvalue weighted by molar-refractivity contribution is 0.220. The number of hydrogen-bond acceptors (Lipinski definition) is 2. The second kappa shape index (κ2) is 5.13. The molecule has 1 saturated heterocycles. The Morgan fingerprint density at radius 2 is 2.31 bits per heavy atom. The monoisotopic (exact) mass is 243 g/mol. The molecule has 0 radical (unpaired) electrons. The molecule has 0 amide bonds. The van der Waals surface area contributed by atoms with Crippen LogP contribution >= 0.6 is 11.6 Å². The Bertz CT molecular complexity index is 372. The summed E-state index contributed by atoms with van der Waals surface area (Å²) in [5.74, 6) is 0.00854. The maximum Gasteiger partial charge on any atom is 0.142 e. The normalized spacial score (nSPS) is 21.6. The van der Waals surface area contributed by atoms with Crippen LogP contribution in [0.1, 0.15) is 12.0 Å². The van der Waals surface area contributed by atoms with Crippen molar-refractivity contribution in [2.45, 2.75) is 13.0 Å². The van der Waals surface area contributed by atoms with Gasteiger partial charge in [-0.25, -0.2) is 4.39 Å². The summed E-state index contributed by atoms with van der Waals surface area (Å²) in [7, 11) is 0. The van der Waals surface area contributed by atoms with Gasteiger partial charge in [0.2, 0.25) is 0 Å². The number of aliphatic hydroxyl groups is 1. The van der Waals surface area contributed by atoms with Gasteiger partial charge in [-0.1, -0.05) is 17.7 Å². The standard InChI is InChI=1S/C12H15ClFNO/c13-11-2-1-9(5-12(11)14)6-15-4-3-10(7-15)8-16/h1-2,5,10,16H,3-4,6-8H2. The summed E-state index contributed by atoms with van der Waals surface area (Å²) in [5, 5.41) is 9.19. The van der Waals surface area contributed by atoms with Gasteiger partial charge in [0.1, 0.15) is 5.82 Å². The van der Waals surface area contributed by atoms with Crippen LogP contribution in [0.4, 0.5) is 4.39 Å². The lowest BCUT2D eigenvalue weighted by atomic mass is 10.1. The minimum atomic E-state index is -0.364. The van der Waals surface area contributed by atoms with Crippen molar-refractivity contribution in [3.05, 3.63) is 34.6 Å². The van der Waals surface area contributed by atoms with Crippen molar-refractivity contribution in [1.82, 2.24) is 4.90 Å². The van der Waals surface area contributed by atoms with Gasteiger partial charge in [0.25, 0.3) is 0 Å². The van der Waals surface area contributed by atoms with Crippen molar-refractivity contribution in [1.29, 1.82) is 0 Å². The van der Waals surface area contributed by atoms with E-state index in [1.807, 2.05) is 6.07 Å². The molecule has 88 valence electrons. The van der Waals surface area contributed by atoms with Crippen molar-refractivity contribution < 1.29 is 9.50 Å². The highest BCUT2D eigenvalue weighted by Gasteiger charge is 2.21. The van der Waals surface area contributed by atoms with Gasteiger partial charge in [0.15, 0.2) is 0 Å². The molecule has 1 heterocycles. The predicted octanol–water partition coefficient (Wildman–Crippen LogP) is 2.29. The van der Waals surface area contributed by atoms with E-state index in [4.69, 9.17) is 16.7 Å². The highest BCUT2D eigenvalue weighted by molar-refractivity contribution is 6.30. The van der Waals surface area contributed by atoms with Gasteiger partial charge < -0.3 is 5.11 Å². The molecule has 4 heteroatoms. The Hall–Kier alpha value is -0.640. The molecule has 0 bridgehead atoms. The zero-order chi connectivity index (χ0) is 11.5. The zero-order valence-corrected chi connectivity index (χ0v) is 9.75. The average molecular weight is 244 g/mol. The van der Waals surface area contributed by atoms with Crippen LogP contribution in [0.5, 0.6) is 0 Å². The molecule has 1 aromatic carbocycles. The molecule has 1 fully saturated rings. The number of hydrogen-bond donors (Lipinski definition) is 1. The fourth-order valence-electron chi connectivity index (χ4n) is 2.10. The fourth-order valence-corrected chi connectivity index (χ4v) is 2.22. The van der Waals surface area contributed by atoms with Crippen molar-refractivity contribution in [3.63, 3.8) is 0 Å². The second-order valence-electron chi connectivity index (χ2n) is 4.32. The molecule has 2 rings (SSSR count). The molecule has 1 unspecified atom stereocenters. The van der Waals surface area contributed by atoms with E-state index in [0.29, 0.717) is 5.92 Å². The van der Waals surface area contributed by atoms with E-state index < -0.39 is 0 Å². The molecule has 1 atom stereocenters. The summed E-state index contributed by atoms with van der Waals surface area (Å²) in [4.78, 5) is 2.23. The van der Waals surface area contributed by atoms with Gasteiger partial charge in [0, 0.05) is 19.7 Å². The molecule has 1 aliphatic heterocycles. The third-order valence-corrected chi connectivity index (χ3v) is 3.32. The summed E-state index contributed by atoms with van der Waals surface area (Å²) >= 11 is 5.62. The summed E-state index contributed by atoms with van der Waals surface area (Å²) in [6.07, 6.45) is 1.02. The Balaban J connectivity index is 1.97. The molecule has 2 nitrogen and oxygen atoms in total. The lowest BCUT2D eigenvalue weighted by Gasteiger charge is -2.15. The minimum Gasteiger partial charge on any atom is -0.396 e. The Kier molecular flexibility index (Phi) is 3.79. The summed E-state index contributed by atoms with van der Waals surface area (Å²) < 4.78 is 13.2. The van der Waals surface area contributed by atoms with Gasteiger partial charge in [0.05, 0.1) is 5.02 Å². The third kappa shape index (κ3) is 2.73. The third-order valence-electron chi connectivity index (χ3n) is 3.02. The number of nitrogens with zero attached hydrogens (tertiary/aromatic N) is 1. The van der Waals surface area contributed by atoms with Crippen LogP contribution in [-0.4, -0.2) is 29.7 Å². The first-order chi connectivity index (χ1) is 7.69. The predicted molar refractivity (Wildman–Crippen MR) is 61.9 cm³/mol. The smallest absolute Gasteiger partial charge is 0.142 e. The number of likely N-dealkylation sites (tertiary alicyclic amines) is 1. The quantitative estimate of drug-likeness (QED) is 0.881. The van der Waals surface area contributed by atoms with Crippen molar-refractivity contribution in [2.75, 3.05) is 19.7 Å². The highest BCUT2D eigenvalue weighted by Crippen LogP contribution is 2.20. The molecule has 0 saturated carbocycles. The maximum absolute atomic E-state index is 13.2. The summed E-state index contributed by atoms with van der Waals surface area (Å²) in [6, 6.07) is 4.91. The van der Waals surface area contributed by atoms with E-state index in [2.05, 4.69) is 4.90 Å². The largest absolute Gasteiger partial charge is 0.396 e. The summed E-state index contributed by atoms with van der Waals surface area (Å²) in [5.41, 5.74) is 0.931. The highest BCUT2D eigenvalue weighted by atomic mass is 35.5. The van der Waals surface area contributed by atoms with Crippen LogP contribution in [0.15, 0.2) is 18.2 Å². The van der Waals surface area contributed by atoms with Crippen LogP contribution in [0.3, 0.4) is 0 Å². The van der Waals surface area contributed by atoms with Crippen LogP contribution in [0.2, 0.25) is 5.02 Å². The van der Waals surface area contributed by atoms with E-state index in [1.54, 1.807) is 6.07 Å². The van der Waals surface area contributed by atoms with Gasteiger partial charge in [-0.05, 0) is 36.6 Å².